The number of aromatic amines is 1. The van der Waals surface area contributed by atoms with Gasteiger partial charge in [0.25, 0.3) is 5.91 Å². The summed E-state index contributed by atoms with van der Waals surface area (Å²) in [5, 5.41) is 4.49. The van der Waals surface area contributed by atoms with E-state index in [1.807, 2.05) is 25.1 Å². The van der Waals surface area contributed by atoms with Crippen molar-refractivity contribution >= 4 is 34.1 Å². The Morgan fingerprint density at radius 3 is 2.75 bits per heavy atom. The molecule has 2 aromatic carbocycles. The zero-order valence-electron chi connectivity index (χ0n) is 13.0. The van der Waals surface area contributed by atoms with E-state index in [9.17, 15) is 4.79 Å². The van der Waals surface area contributed by atoms with Crippen LogP contribution in [0.3, 0.4) is 0 Å². The predicted octanol–water partition coefficient (Wildman–Crippen LogP) is 4.15. The van der Waals surface area contributed by atoms with Gasteiger partial charge in [0.2, 0.25) is 0 Å². The second-order valence-corrected chi connectivity index (χ2v) is 6.06. The maximum Gasteiger partial charge on any atom is 0.272 e. The zero-order chi connectivity index (χ0) is 16.7. The first-order chi connectivity index (χ1) is 11.6. The number of aryl methyl sites for hydroxylation is 1. The number of rotatable bonds is 2. The molecule has 1 aliphatic heterocycles. The Kier molecular flexibility index (Phi) is 3.58. The molecule has 4 rings (SSSR count). The van der Waals surface area contributed by atoms with Crippen LogP contribution >= 0.6 is 11.6 Å². The lowest BCUT2D eigenvalue weighted by Gasteiger charge is -2.19. The number of anilines is 1. The predicted molar refractivity (Wildman–Crippen MR) is 93.4 cm³/mol. The summed E-state index contributed by atoms with van der Waals surface area (Å²) in [5.41, 5.74) is 2.89. The minimum absolute atomic E-state index is 0.212. The first-order valence-corrected chi connectivity index (χ1v) is 7.98. The van der Waals surface area contributed by atoms with Crippen molar-refractivity contribution in [3.8, 4) is 11.5 Å². The van der Waals surface area contributed by atoms with Gasteiger partial charge in [-0.15, -0.1) is 0 Å². The van der Waals surface area contributed by atoms with E-state index >= 15 is 0 Å². The number of benzene rings is 2. The second-order valence-electron chi connectivity index (χ2n) is 5.63. The highest BCUT2D eigenvalue weighted by Crippen LogP contribution is 2.33. The summed E-state index contributed by atoms with van der Waals surface area (Å²) < 4.78 is 11.0. The van der Waals surface area contributed by atoms with E-state index in [-0.39, 0.29) is 5.91 Å². The molecule has 0 unspecified atom stereocenters. The minimum Gasteiger partial charge on any atom is -0.486 e. The number of hydrogen-bond donors (Lipinski definition) is 2. The maximum absolute atomic E-state index is 12.6. The summed E-state index contributed by atoms with van der Waals surface area (Å²) in [5.74, 6) is 1.12. The first-order valence-electron chi connectivity index (χ1n) is 7.60. The van der Waals surface area contributed by atoms with E-state index in [0.717, 1.165) is 16.5 Å². The Balaban J connectivity index is 1.63. The van der Waals surface area contributed by atoms with E-state index in [2.05, 4.69) is 10.3 Å². The van der Waals surface area contributed by atoms with Gasteiger partial charge in [-0.3, -0.25) is 4.79 Å². The van der Waals surface area contributed by atoms with Crippen LogP contribution in [0.4, 0.5) is 5.69 Å². The van der Waals surface area contributed by atoms with Crippen molar-refractivity contribution in [1.82, 2.24) is 4.98 Å². The summed E-state index contributed by atoms with van der Waals surface area (Å²) in [4.78, 5) is 15.7. The van der Waals surface area contributed by atoms with Crippen LogP contribution in [-0.4, -0.2) is 24.1 Å². The molecule has 0 saturated carbocycles. The number of halogens is 1. The van der Waals surface area contributed by atoms with Crippen molar-refractivity contribution in [3.05, 3.63) is 52.7 Å². The lowest BCUT2D eigenvalue weighted by Crippen LogP contribution is -2.17. The molecule has 24 heavy (non-hydrogen) atoms. The summed E-state index contributed by atoms with van der Waals surface area (Å²) in [6.45, 7) is 2.95. The number of nitrogens with one attached hydrogen (secondary N) is 2. The molecule has 1 aliphatic rings. The van der Waals surface area contributed by atoms with Crippen molar-refractivity contribution in [2.75, 3.05) is 18.5 Å². The first kappa shape index (κ1) is 14.9. The van der Waals surface area contributed by atoms with Gasteiger partial charge in [0.1, 0.15) is 18.9 Å². The summed E-state index contributed by atoms with van der Waals surface area (Å²) >= 11 is 6.01. The smallest absolute Gasteiger partial charge is 0.272 e. The van der Waals surface area contributed by atoms with Crippen LogP contribution in [-0.2, 0) is 0 Å². The number of carbonyl (C=O) groups is 1. The Hall–Kier alpha value is -2.66. The summed E-state index contributed by atoms with van der Waals surface area (Å²) in [6, 6.07) is 10.9. The van der Waals surface area contributed by atoms with Crippen molar-refractivity contribution in [2.45, 2.75) is 6.92 Å². The normalized spacial score (nSPS) is 13.1. The molecule has 0 radical (unpaired) electrons. The highest BCUT2D eigenvalue weighted by Gasteiger charge is 2.17. The fraction of sp³-hybridized carbons (Fsp3) is 0.167. The van der Waals surface area contributed by atoms with Gasteiger partial charge in [-0.1, -0.05) is 17.7 Å². The number of carbonyl (C=O) groups excluding carboxylic acids is 1. The topological polar surface area (TPSA) is 63.4 Å². The number of aromatic nitrogens is 1. The summed E-state index contributed by atoms with van der Waals surface area (Å²) in [7, 11) is 0. The molecule has 6 heteroatoms. The molecule has 2 heterocycles. The Morgan fingerprint density at radius 2 is 1.92 bits per heavy atom. The number of amides is 1. The van der Waals surface area contributed by atoms with Gasteiger partial charge in [-0.25, -0.2) is 0 Å². The van der Waals surface area contributed by atoms with Crippen LogP contribution in [0, 0.1) is 6.92 Å². The number of ether oxygens (including phenoxy) is 2. The van der Waals surface area contributed by atoms with Gasteiger partial charge in [0, 0.05) is 27.7 Å². The van der Waals surface area contributed by atoms with Crippen molar-refractivity contribution in [2.24, 2.45) is 0 Å². The monoisotopic (exact) mass is 342 g/mol. The Morgan fingerprint density at radius 1 is 1.12 bits per heavy atom. The molecule has 0 bridgehead atoms. The van der Waals surface area contributed by atoms with E-state index in [4.69, 9.17) is 21.1 Å². The average Bonchev–Trinajstić information content (AvgIpc) is 2.91. The van der Waals surface area contributed by atoms with Gasteiger partial charge < -0.3 is 19.8 Å². The molecule has 2 N–H and O–H groups in total. The third-order valence-electron chi connectivity index (χ3n) is 4.05. The quantitative estimate of drug-likeness (QED) is 0.735. The Labute approximate surface area is 143 Å². The fourth-order valence-corrected chi connectivity index (χ4v) is 3.02. The lowest BCUT2D eigenvalue weighted by atomic mass is 10.1. The molecular formula is C18H15ClN2O3. The molecule has 122 valence electrons. The third kappa shape index (κ3) is 2.57. The molecule has 1 amide bonds. The van der Waals surface area contributed by atoms with Gasteiger partial charge >= 0.3 is 0 Å². The summed E-state index contributed by atoms with van der Waals surface area (Å²) in [6.07, 6.45) is 0. The van der Waals surface area contributed by atoms with Crippen molar-refractivity contribution < 1.29 is 14.3 Å². The molecule has 3 aromatic rings. The molecule has 0 atom stereocenters. The molecule has 0 aliphatic carbocycles. The fourth-order valence-electron chi connectivity index (χ4n) is 2.85. The molecule has 0 spiro atoms. The number of hydrogen-bond acceptors (Lipinski definition) is 3. The molecular weight excluding hydrogens is 328 g/mol. The standard InChI is InChI=1S/C18H15ClN2O3/c1-10-13-4-2-11(19)8-14(13)21-17(10)18(22)20-12-3-5-15-16(9-12)24-7-6-23-15/h2-5,8-9,21H,6-7H2,1H3,(H,20,22). The van der Waals surface area contributed by atoms with Gasteiger partial charge in [0.05, 0.1) is 0 Å². The van der Waals surface area contributed by atoms with Crippen LogP contribution < -0.4 is 14.8 Å². The number of fused-ring (bicyclic) bond motifs is 2. The van der Waals surface area contributed by atoms with Crippen LogP contribution in [0.15, 0.2) is 36.4 Å². The SMILES string of the molecule is Cc1c(C(=O)Nc2ccc3c(c2)OCCO3)[nH]c2cc(Cl)ccc12. The van der Waals surface area contributed by atoms with Gasteiger partial charge in [-0.2, -0.15) is 0 Å². The molecule has 1 aromatic heterocycles. The zero-order valence-corrected chi connectivity index (χ0v) is 13.7. The van der Waals surface area contributed by atoms with Crippen LogP contribution in [0.2, 0.25) is 5.02 Å². The van der Waals surface area contributed by atoms with Crippen LogP contribution in [0.25, 0.3) is 10.9 Å². The highest BCUT2D eigenvalue weighted by atomic mass is 35.5. The molecule has 0 fully saturated rings. The Bertz CT molecular complexity index is 949. The van der Waals surface area contributed by atoms with Crippen LogP contribution in [0.1, 0.15) is 16.1 Å². The highest BCUT2D eigenvalue weighted by molar-refractivity contribution is 6.31. The molecule has 5 nitrogen and oxygen atoms in total. The largest absolute Gasteiger partial charge is 0.486 e. The molecule has 0 saturated heterocycles. The van der Waals surface area contributed by atoms with E-state index in [0.29, 0.717) is 41.1 Å². The van der Waals surface area contributed by atoms with Crippen molar-refractivity contribution in [3.63, 3.8) is 0 Å². The van der Waals surface area contributed by atoms with Gasteiger partial charge in [0.15, 0.2) is 11.5 Å². The van der Waals surface area contributed by atoms with Crippen LogP contribution in [0.5, 0.6) is 11.5 Å². The number of H-pyrrole nitrogens is 1. The van der Waals surface area contributed by atoms with E-state index in [1.54, 1.807) is 18.2 Å². The van der Waals surface area contributed by atoms with Gasteiger partial charge in [-0.05, 0) is 36.8 Å². The average molecular weight is 343 g/mol. The minimum atomic E-state index is -0.212. The second kappa shape index (κ2) is 5.76. The van der Waals surface area contributed by atoms with Crippen molar-refractivity contribution in [1.29, 1.82) is 0 Å². The lowest BCUT2D eigenvalue weighted by molar-refractivity contribution is 0.102. The third-order valence-corrected chi connectivity index (χ3v) is 4.28. The van der Waals surface area contributed by atoms with E-state index < -0.39 is 0 Å². The maximum atomic E-state index is 12.6. The van der Waals surface area contributed by atoms with E-state index in [1.165, 1.54) is 0 Å².